The highest BCUT2D eigenvalue weighted by Crippen LogP contribution is 2.25. The average molecular weight is 173 g/mol. The van der Waals surface area contributed by atoms with E-state index in [1.807, 2.05) is 6.92 Å². The second kappa shape index (κ2) is 4.45. The molecule has 0 fully saturated rings. The quantitative estimate of drug-likeness (QED) is 0.649. The molecule has 0 spiro atoms. The van der Waals surface area contributed by atoms with Gasteiger partial charge in [0.2, 0.25) is 0 Å². The van der Waals surface area contributed by atoms with Gasteiger partial charge in [-0.2, -0.15) is 0 Å². The van der Waals surface area contributed by atoms with Crippen molar-refractivity contribution in [2.24, 2.45) is 17.1 Å². The third kappa shape index (κ3) is 2.81. The fraction of sp³-hybridized carbons (Fsp3) is 0.889. The maximum Gasteiger partial charge on any atom is 0.312 e. The van der Waals surface area contributed by atoms with E-state index in [1.54, 1.807) is 0 Å². The molecule has 1 atom stereocenters. The number of rotatable bonds is 4. The molecular weight excluding hydrogens is 154 g/mol. The summed E-state index contributed by atoms with van der Waals surface area (Å²) in [7, 11) is 1.40. The van der Waals surface area contributed by atoms with Crippen LogP contribution in [-0.2, 0) is 9.53 Å². The Bertz CT molecular complexity index is 157. The summed E-state index contributed by atoms with van der Waals surface area (Å²) < 4.78 is 4.69. The monoisotopic (exact) mass is 173 g/mol. The highest BCUT2D eigenvalue weighted by molar-refractivity contribution is 5.76. The Balaban J connectivity index is 4.33. The van der Waals surface area contributed by atoms with Gasteiger partial charge in [-0.05, 0) is 19.3 Å². The zero-order valence-electron chi connectivity index (χ0n) is 8.39. The number of methoxy groups -OCH3 is 1. The molecule has 0 bridgehead atoms. The summed E-state index contributed by atoms with van der Waals surface area (Å²) >= 11 is 0. The molecule has 0 rings (SSSR count). The van der Waals surface area contributed by atoms with E-state index in [4.69, 9.17) is 5.73 Å². The van der Waals surface area contributed by atoms with Crippen molar-refractivity contribution < 1.29 is 9.53 Å². The van der Waals surface area contributed by atoms with E-state index >= 15 is 0 Å². The summed E-state index contributed by atoms with van der Waals surface area (Å²) in [5.74, 6) is 0.247. The Morgan fingerprint density at radius 2 is 2.08 bits per heavy atom. The molecule has 0 heterocycles. The van der Waals surface area contributed by atoms with Crippen LogP contribution in [0, 0.1) is 11.3 Å². The van der Waals surface area contributed by atoms with Gasteiger partial charge < -0.3 is 10.5 Å². The van der Waals surface area contributed by atoms with Crippen LogP contribution < -0.4 is 5.73 Å². The zero-order chi connectivity index (χ0) is 9.78. The lowest BCUT2D eigenvalue weighted by Crippen LogP contribution is -2.37. The third-order valence-electron chi connectivity index (χ3n) is 1.99. The fourth-order valence-electron chi connectivity index (χ4n) is 1.40. The minimum atomic E-state index is -0.511. The molecule has 0 aliphatic carbocycles. The summed E-state index contributed by atoms with van der Waals surface area (Å²) in [6, 6.07) is 0. The van der Waals surface area contributed by atoms with E-state index in [2.05, 4.69) is 18.6 Å². The van der Waals surface area contributed by atoms with E-state index in [-0.39, 0.29) is 5.97 Å². The lowest BCUT2D eigenvalue weighted by molar-refractivity contribution is -0.152. The van der Waals surface area contributed by atoms with Crippen molar-refractivity contribution in [1.82, 2.24) is 0 Å². The smallest absolute Gasteiger partial charge is 0.312 e. The zero-order valence-corrected chi connectivity index (χ0v) is 8.39. The molecule has 0 radical (unpaired) electrons. The summed E-state index contributed by atoms with van der Waals surface area (Å²) in [6.07, 6.45) is 0.774. The molecule has 0 aliphatic rings. The first-order valence-corrected chi connectivity index (χ1v) is 4.24. The van der Waals surface area contributed by atoms with Gasteiger partial charge in [-0.15, -0.1) is 0 Å². The summed E-state index contributed by atoms with van der Waals surface area (Å²) in [5, 5.41) is 0. The van der Waals surface area contributed by atoms with Gasteiger partial charge in [-0.3, -0.25) is 4.79 Å². The van der Waals surface area contributed by atoms with E-state index in [0.29, 0.717) is 12.5 Å². The lowest BCUT2D eigenvalue weighted by Gasteiger charge is -2.26. The van der Waals surface area contributed by atoms with Crippen molar-refractivity contribution in [3.8, 4) is 0 Å². The predicted molar refractivity (Wildman–Crippen MR) is 48.6 cm³/mol. The summed E-state index contributed by atoms with van der Waals surface area (Å²) in [5.41, 5.74) is 5.02. The Morgan fingerprint density at radius 1 is 1.58 bits per heavy atom. The molecule has 12 heavy (non-hydrogen) atoms. The van der Waals surface area contributed by atoms with Crippen LogP contribution in [0.5, 0.6) is 0 Å². The standard InChI is InChI=1S/C9H19NO2/c1-7(2)5-9(3,6-10)8(11)12-4/h7H,5-6,10H2,1-4H3. The Kier molecular flexibility index (Phi) is 4.24. The molecule has 0 amide bonds. The fourth-order valence-corrected chi connectivity index (χ4v) is 1.40. The molecule has 3 nitrogen and oxygen atoms in total. The Hall–Kier alpha value is -0.570. The van der Waals surface area contributed by atoms with Gasteiger partial charge in [0.25, 0.3) is 0 Å². The van der Waals surface area contributed by atoms with Crippen LogP contribution in [0.2, 0.25) is 0 Å². The molecule has 3 heteroatoms. The number of esters is 1. The number of hydrogen-bond donors (Lipinski definition) is 1. The molecule has 0 saturated carbocycles. The molecule has 0 aliphatic heterocycles. The van der Waals surface area contributed by atoms with Crippen molar-refractivity contribution in [3.63, 3.8) is 0 Å². The van der Waals surface area contributed by atoms with Crippen LogP contribution in [0.25, 0.3) is 0 Å². The maximum absolute atomic E-state index is 11.3. The van der Waals surface area contributed by atoms with Gasteiger partial charge in [0.1, 0.15) is 0 Å². The van der Waals surface area contributed by atoms with Crippen LogP contribution in [-0.4, -0.2) is 19.6 Å². The molecule has 2 N–H and O–H groups in total. The molecule has 0 aromatic rings. The normalized spacial score (nSPS) is 15.8. The van der Waals surface area contributed by atoms with Crippen LogP contribution in [0.1, 0.15) is 27.2 Å². The first-order chi connectivity index (χ1) is 5.46. The lowest BCUT2D eigenvalue weighted by atomic mass is 9.82. The van der Waals surface area contributed by atoms with Crippen LogP contribution in [0.15, 0.2) is 0 Å². The largest absolute Gasteiger partial charge is 0.469 e. The van der Waals surface area contributed by atoms with Gasteiger partial charge in [0.05, 0.1) is 12.5 Å². The van der Waals surface area contributed by atoms with Crippen molar-refractivity contribution >= 4 is 5.97 Å². The van der Waals surface area contributed by atoms with Gasteiger partial charge in [-0.1, -0.05) is 13.8 Å². The Labute approximate surface area is 74.3 Å². The van der Waals surface area contributed by atoms with Gasteiger partial charge >= 0.3 is 5.97 Å². The van der Waals surface area contributed by atoms with E-state index in [0.717, 1.165) is 6.42 Å². The van der Waals surface area contributed by atoms with E-state index in [1.165, 1.54) is 7.11 Å². The predicted octanol–water partition coefficient (Wildman–Crippen LogP) is 1.17. The number of carbonyl (C=O) groups excluding carboxylic acids is 1. The SMILES string of the molecule is COC(=O)C(C)(CN)CC(C)C. The minimum Gasteiger partial charge on any atom is -0.469 e. The molecular formula is C9H19NO2. The maximum atomic E-state index is 11.3. The molecule has 1 unspecified atom stereocenters. The number of carbonyl (C=O) groups is 1. The van der Waals surface area contributed by atoms with Crippen molar-refractivity contribution in [2.45, 2.75) is 27.2 Å². The van der Waals surface area contributed by atoms with Gasteiger partial charge in [0, 0.05) is 6.54 Å². The second-order valence-corrected chi connectivity index (χ2v) is 3.85. The van der Waals surface area contributed by atoms with Crippen LogP contribution in [0.3, 0.4) is 0 Å². The number of hydrogen-bond acceptors (Lipinski definition) is 3. The molecule has 0 aromatic carbocycles. The minimum absolute atomic E-state index is 0.210. The van der Waals surface area contributed by atoms with Crippen LogP contribution >= 0.6 is 0 Å². The topological polar surface area (TPSA) is 52.3 Å². The first-order valence-electron chi connectivity index (χ1n) is 4.24. The second-order valence-electron chi connectivity index (χ2n) is 3.85. The number of ether oxygens (including phenoxy) is 1. The highest BCUT2D eigenvalue weighted by Gasteiger charge is 2.33. The molecule has 0 saturated heterocycles. The first kappa shape index (κ1) is 11.4. The molecule has 0 aromatic heterocycles. The molecule has 72 valence electrons. The Morgan fingerprint density at radius 3 is 2.33 bits per heavy atom. The van der Waals surface area contributed by atoms with Crippen molar-refractivity contribution in [2.75, 3.05) is 13.7 Å². The van der Waals surface area contributed by atoms with Gasteiger partial charge in [-0.25, -0.2) is 0 Å². The number of nitrogens with two attached hydrogens (primary N) is 1. The van der Waals surface area contributed by atoms with Gasteiger partial charge in [0.15, 0.2) is 0 Å². The summed E-state index contributed by atoms with van der Waals surface area (Å²) in [4.78, 5) is 11.3. The third-order valence-corrected chi connectivity index (χ3v) is 1.99. The van der Waals surface area contributed by atoms with E-state index in [9.17, 15) is 4.79 Å². The van der Waals surface area contributed by atoms with Crippen molar-refractivity contribution in [3.05, 3.63) is 0 Å². The average Bonchev–Trinajstić information content (AvgIpc) is 2.01. The summed E-state index contributed by atoms with van der Waals surface area (Å²) in [6.45, 7) is 6.32. The highest BCUT2D eigenvalue weighted by atomic mass is 16.5. The van der Waals surface area contributed by atoms with E-state index < -0.39 is 5.41 Å². The van der Waals surface area contributed by atoms with Crippen LogP contribution in [0.4, 0.5) is 0 Å². The van der Waals surface area contributed by atoms with Crippen molar-refractivity contribution in [1.29, 1.82) is 0 Å².